The zero-order valence-corrected chi connectivity index (χ0v) is 10.3. The van der Waals surface area contributed by atoms with E-state index in [-0.39, 0.29) is 11.3 Å². The van der Waals surface area contributed by atoms with Gasteiger partial charge in [0.05, 0.1) is 14.2 Å². The summed E-state index contributed by atoms with van der Waals surface area (Å²) in [6.07, 6.45) is 0. The molecular formula is C12H17ClO2. The maximum atomic E-state index is 6.08. The van der Waals surface area contributed by atoms with Gasteiger partial charge in [-0.2, -0.15) is 0 Å². The summed E-state index contributed by atoms with van der Waals surface area (Å²) in [6.45, 7) is 4.07. The fraction of sp³-hybridized carbons (Fsp3) is 0.500. The molecule has 1 aromatic rings. The van der Waals surface area contributed by atoms with Crippen molar-refractivity contribution < 1.29 is 9.47 Å². The van der Waals surface area contributed by atoms with E-state index in [4.69, 9.17) is 21.1 Å². The lowest BCUT2D eigenvalue weighted by Gasteiger charge is -2.18. The number of ether oxygens (including phenoxy) is 2. The van der Waals surface area contributed by atoms with Gasteiger partial charge >= 0.3 is 0 Å². The highest BCUT2D eigenvalue weighted by molar-refractivity contribution is 6.20. The molecule has 0 heterocycles. The minimum atomic E-state index is 0.0762. The van der Waals surface area contributed by atoms with Crippen LogP contribution in [0.15, 0.2) is 18.2 Å². The van der Waals surface area contributed by atoms with E-state index < -0.39 is 0 Å². The first-order valence-electron chi connectivity index (χ1n) is 4.96. The molecule has 0 aliphatic heterocycles. The zero-order chi connectivity index (χ0) is 11.4. The zero-order valence-electron chi connectivity index (χ0n) is 9.58. The van der Waals surface area contributed by atoms with Gasteiger partial charge in [0, 0.05) is 17.4 Å². The van der Waals surface area contributed by atoms with Gasteiger partial charge in [0.2, 0.25) is 0 Å². The first-order valence-corrected chi connectivity index (χ1v) is 5.39. The number of alkyl halides is 1. The van der Waals surface area contributed by atoms with Crippen molar-refractivity contribution in [1.29, 1.82) is 0 Å². The Labute approximate surface area is 96.2 Å². The third kappa shape index (κ3) is 2.78. The van der Waals surface area contributed by atoms with E-state index in [0.717, 1.165) is 17.1 Å². The van der Waals surface area contributed by atoms with Crippen molar-refractivity contribution >= 4 is 11.6 Å². The quantitative estimate of drug-likeness (QED) is 0.735. The maximum Gasteiger partial charge on any atom is 0.126 e. The van der Waals surface area contributed by atoms with E-state index in [0.29, 0.717) is 0 Å². The van der Waals surface area contributed by atoms with Gasteiger partial charge in [0.25, 0.3) is 0 Å². The first-order chi connectivity index (χ1) is 7.10. The van der Waals surface area contributed by atoms with Crippen LogP contribution in [0.4, 0.5) is 0 Å². The number of methoxy groups -OCH3 is 2. The van der Waals surface area contributed by atoms with Crippen molar-refractivity contribution in [1.82, 2.24) is 0 Å². The van der Waals surface area contributed by atoms with Crippen LogP contribution in [-0.4, -0.2) is 19.6 Å². The van der Waals surface area contributed by atoms with Crippen molar-refractivity contribution in [3.63, 3.8) is 0 Å². The van der Waals surface area contributed by atoms with Crippen molar-refractivity contribution in [3.05, 3.63) is 23.8 Å². The van der Waals surface area contributed by atoms with Crippen LogP contribution in [0.3, 0.4) is 0 Å². The second kappa shape index (κ2) is 5.26. The molecule has 0 saturated carbocycles. The molecule has 1 rings (SSSR count). The Balaban J connectivity index is 3.07. The third-order valence-corrected chi connectivity index (χ3v) is 3.00. The van der Waals surface area contributed by atoms with Crippen molar-refractivity contribution in [2.24, 2.45) is 0 Å². The predicted octanol–water partition coefficient (Wildman–Crippen LogP) is 3.43. The van der Waals surface area contributed by atoms with Gasteiger partial charge in [0.15, 0.2) is 0 Å². The monoisotopic (exact) mass is 228 g/mol. The molecule has 1 aromatic carbocycles. The molecule has 0 saturated heterocycles. The number of hydrogen-bond donors (Lipinski definition) is 0. The molecule has 3 heteroatoms. The highest BCUT2D eigenvalue weighted by Gasteiger charge is 2.16. The highest BCUT2D eigenvalue weighted by atomic mass is 35.5. The summed E-state index contributed by atoms with van der Waals surface area (Å²) in [7, 11) is 3.30. The van der Waals surface area contributed by atoms with Crippen LogP contribution in [0, 0.1) is 0 Å². The fourth-order valence-electron chi connectivity index (χ4n) is 1.44. The molecular weight excluding hydrogens is 212 g/mol. The average molecular weight is 229 g/mol. The van der Waals surface area contributed by atoms with E-state index in [1.807, 2.05) is 25.1 Å². The molecule has 0 aliphatic carbocycles. The highest BCUT2D eigenvalue weighted by Crippen LogP contribution is 2.33. The summed E-state index contributed by atoms with van der Waals surface area (Å²) in [6, 6.07) is 5.81. The molecule has 84 valence electrons. The van der Waals surface area contributed by atoms with Crippen molar-refractivity contribution in [2.45, 2.75) is 25.1 Å². The van der Waals surface area contributed by atoms with Crippen LogP contribution in [0.2, 0.25) is 0 Å². The lowest BCUT2D eigenvalue weighted by Crippen LogP contribution is -2.06. The van der Waals surface area contributed by atoms with E-state index in [1.165, 1.54) is 0 Å². The Morgan fingerprint density at radius 3 is 2.27 bits per heavy atom. The molecule has 0 radical (unpaired) electrons. The van der Waals surface area contributed by atoms with E-state index in [9.17, 15) is 0 Å². The van der Waals surface area contributed by atoms with Crippen molar-refractivity contribution in [3.8, 4) is 11.5 Å². The summed E-state index contributed by atoms with van der Waals surface area (Å²) >= 11 is 6.08. The Morgan fingerprint density at radius 1 is 1.13 bits per heavy atom. The van der Waals surface area contributed by atoms with E-state index in [2.05, 4.69) is 6.92 Å². The summed E-state index contributed by atoms with van der Waals surface area (Å²) in [5.41, 5.74) is 1.11. The standard InChI is InChI=1S/C12H17ClO2/c1-8(9(2)13)11-6-5-10(14-3)7-12(11)15-4/h5-9H,1-4H3. The predicted molar refractivity (Wildman–Crippen MR) is 63.3 cm³/mol. The maximum absolute atomic E-state index is 6.08. The normalized spacial score (nSPS) is 14.5. The number of halogens is 1. The lowest BCUT2D eigenvalue weighted by molar-refractivity contribution is 0.389. The molecule has 0 N–H and O–H groups in total. The van der Waals surface area contributed by atoms with Gasteiger partial charge in [-0.05, 0) is 18.6 Å². The molecule has 0 spiro atoms. The molecule has 0 aromatic heterocycles. The molecule has 0 fully saturated rings. The van der Waals surface area contributed by atoms with Gasteiger partial charge in [-0.3, -0.25) is 0 Å². The molecule has 2 atom stereocenters. The smallest absolute Gasteiger partial charge is 0.126 e. The topological polar surface area (TPSA) is 18.5 Å². The minimum Gasteiger partial charge on any atom is -0.497 e. The molecule has 0 bridgehead atoms. The number of hydrogen-bond acceptors (Lipinski definition) is 2. The molecule has 2 unspecified atom stereocenters. The Kier molecular flexibility index (Phi) is 4.28. The van der Waals surface area contributed by atoms with Crippen LogP contribution < -0.4 is 9.47 Å². The Morgan fingerprint density at radius 2 is 1.80 bits per heavy atom. The van der Waals surface area contributed by atoms with E-state index in [1.54, 1.807) is 14.2 Å². The average Bonchev–Trinajstić information content (AvgIpc) is 2.27. The van der Waals surface area contributed by atoms with Gasteiger partial charge in [-0.1, -0.05) is 13.0 Å². The minimum absolute atomic E-state index is 0.0762. The van der Waals surface area contributed by atoms with Gasteiger partial charge in [0.1, 0.15) is 11.5 Å². The van der Waals surface area contributed by atoms with Crippen LogP contribution in [-0.2, 0) is 0 Å². The largest absolute Gasteiger partial charge is 0.497 e. The van der Waals surface area contributed by atoms with Gasteiger partial charge in [-0.25, -0.2) is 0 Å². The van der Waals surface area contributed by atoms with Crippen LogP contribution in [0.5, 0.6) is 11.5 Å². The summed E-state index contributed by atoms with van der Waals surface area (Å²) in [5.74, 6) is 1.88. The van der Waals surface area contributed by atoms with Crippen LogP contribution in [0.1, 0.15) is 25.3 Å². The second-order valence-electron chi connectivity index (χ2n) is 3.57. The fourth-order valence-corrected chi connectivity index (χ4v) is 1.58. The second-order valence-corrected chi connectivity index (χ2v) is 4.26. The summed E-state index contributed by atoms with van der Waals surface area (Å²) in [5, 5.41) is 0.0762. The Hall–Kier alpha value is -0.890. The molecule has 2 nitrogen and oxygen atoms in total. The van der Waals surface area contributed by atoms with Gasteiger partial charge in [-0.15, -0.1) is 11.6 Å². The summed E-state index contributed by atoms with van der Waals surface area (Å²) < 4.78 is 10.5. The van der Waals surface area contributed by atoms with Crippen LogP contribution >= 0.6 is 11.6 Å². The number of rotatable bonds is 4. The lowest BCUT2D eigenvalue weighted by atomic mass is 9.97. The van der Waals surface area contributed by atoms with Gasteiger partial charge < -0.3 is 9.47 Å². The van der Waals surface area contributed by atoms with Crippen LogP contribution in [0.25, 0.3) is 0 Å². The number of benzene rings is 1. The molecule has 0 aliphatic rings. The summed E-state index contributed by atoms with van der Waals surface area (Å²) in [4.78, 5) is 0. The molecule has 0 amide bonds. The molecule has 15 heavy (non-hydrogen) atoms. The Bertz CT molecular complexity index is 323. The SMILES string of the molecule is COc1ccc(C(C)C(C)Cl)c(OC)c1. The van der Waals surface area contributed by atoms with Crippen molar-refractivity contribution in [2.75, 3.05) is 14.2 Å². The third-order valence-electron chi connectivity index (χ3n) is 2.62. The first kappa shape index (κ1) is 12.2. The van der Waals surface area contributed by atoms with E-state index >= 15 is 0 Å².